The minimum absolute atomic E-state index is 0.898. The van der Waals surface area contributed by atoms with Crippen molar-refractivity contribution in [2.24, 2.45) is 0 Å². The second kappa shape index (κ2) is 3.92. The lowest BCUT2D eigenvalue weighted by Gasteiger charge is -1.99. The first kappa shape index (κ1) is 10.3. The van der Waals surface area contributed by atoms with Crippen molar-refractivity contribution in [1.29, 1.82) is 0 Å². The van der Waals surface area contributed by atoms with Crippen molar-refractivity contribution in [3.63, 3.8) is 0 Å². The molecule has 0 radical (unpaired) electrons. The normalized spacial score (nSPS) is 11.2. The lowest BCUT2D eigenvalue weighted by Crippen LogP contribution is -1.85. The first-order valence-corrected chi connectivity index (χ1v) is 6.20. The van der Waals surface area contributed by atoms with Crippen molar-refractivity contribution in [3.8, 4) is 11.4 Å². The summed E-state index contributed by atoms with van der Waals surface area (Å²) in [5.74, 6) is 0. The van der Waals surface area contributed by atoms with E-state index in [0.29, 0.717) is 0 Å². The summed E-state index contributed by atoms with van der Waals surface area (Å²) in [4.78, 5) is 12.2. The van der Waals surface area contributed by atoms with Crippen LogP contribution >= 0.6 is 0 Å². The van der Waals surface area contributed by atoms with E-state index < -0.39 is 0 Å². The Morgan fingerprint density at radius 3 is 2.53 bits per heavy atom. The molecular formula is C16H11N3. The van der Waals surface area contributed by atoms with Crippen LogP contribution in [0, 0.1) is 0 Å². The molecule has 0 fully saturated rings. The fraction of sp³-hybridized carbons (Fsp3) is 0. The van der Waals surface area contributed by atoms with Gasteiger partial charge in [-0.25, -0.2) is 0 Å². The van der Waals surface area contributed by atoms with Crippen molar-refractivity contribution >= 4 is 21.8 Å². The number of benzene rings is 1. The molecule has 4 aromatic rings. The predicted octanol–water partition coefficient (Wildman–Crippen LogP) is 3.78. The van der Waals surface area contributed by atoms with Crippen LogP contribution in [0.2, 0.25) is 0 Å². The molecule has 0 spiro atoms. The maximum Gasteiger partial charge on any atom is 0.0893 e. The number of pyridine rings is 2. The Hall–Kier alpha value is -2.68. The number of hydrogen-bond donors (Lipinski definition) is 1. The highest BCUT2D eigenvalue weighted by Gasteiger charge is 2.06. The first-order chi connectivity index (χ1) is 9.42. The van der Waals surface area contributed by atoms with E-state index in [0.717, 1.165) is 22.4 Å². The van der Waals surface area contributed by atoms with Gasteiger partial charge < -0.3 is 4.98 Å². The van der Waals surface area contributed by atoms with Crippen molar-refractivity contribution in [1.82, 2.24) is 15.0 Å². The van der Waals surface area contributed by atoms with Crippen LogP contribution in [0.3, 0.4) is 0 Å². The molecule has 3 nitrogen and oxygen atoms in total. The number of para-hydroxylation sites is 1. The standard InChI is InChI=1S/C16H11N3/c1-2-6-13-11(5-1)12-9-15(18-10-16(12)19-13)14-7-3-4-8-17-14/h1-10,19H. The molecule has 0 saturated carbocycles. The van der Waals surface area contributed by atoms with Gasteiger partial charge in [0.05, 0.1) is 23.1 Å². The minimum Gasteiger partial charge on any atom is -0.353 e. The van der Waals surface area contributed by atoms with Crippen LogP contribution in [0.5, 0.6) is 0 Å². The van der Waals surface area contributed by atoms with Crippen LogP contribution in [0.25, 0.3) is 33.2 Å². The molecule has 3 heteroatoms. The van der Waals surface area contributed by atoms with E-state index in [9.17, 15) is 0 Å². The molecule has 1 N–H and O–H groups in total. The van der Waals surface area contributed by atoms with Crippen LogP contribution in [-0.2, 0) is 0 Å². The highest BCUT2D eigenvalue weighted by Crippen LogP contribution is 2.27. The van der Waals surface area contributed by atoms with E-state index in [1.165, 1.54) is 10.8 Å². The molecule has 90 valence electrons. The van der Waals surface area contributed by atoms with Gasteiger partial charge in [0.1, 0.15) is 0 Å². The summed E-state index contributed by atoms with van der Waals surface area (Å²) in [6.45, 7) is 0. The van der Waals surface area contributed by atoms with Crippen molar-refractivity contribution in [2.45, 2.75) is 0 Å². The number of hydrogen-bond acceptors (Lipinski definition) is 2. The lowest BCUT2D eigenvalue weighted by molar-refractivity contribution is 1.26. The fourth-order valence-electron chi connectivity index (χ4n) is 2.40. The molecule has 0 unspecified atom stereocenters. The van der Waals surface area contributed by atoms with Crippen molar-refractivity contribution in [2.75, 3.05) is 0 Å². The number of aromatic amines is 1. The molecule has 3 heterocycles. The monoisotopic (exact) mass is 245 g/mol. The average molecular weight is 245 g/mol. The van der Waals surface area contributed by atoms with Crippen LogP contribution in [0.4, 0.5) is 0 Å². The molecule has 0 aliphatic carbocycles. The van der Waals surface area contributed by atoms with Gasteiger partial charge in [0, 0.05) is 22.5 Å². The number of nitrogens with one attached hydrogen (secondary N) is 1. The molecule has 0 aliphatic heterocycles. The van der Waals surface area contributed by atoms with Crippen LogP contribution in [-0.4, -0.2) is 15.0 Å². The van der Waals surface area contributed by atoms with Gasteiger partial charge in [0.15, 0.2) is 0 Å². The van der Waals surface area contributed by atoms with Gasteiger partial charge in [-0.15, -0.1) is 0 Å². The van der Waals surface area contributed by atoms with E-state index in [-0.39, 0.29) is 0 Å². The van der Waals surface area contributed by atoms with Gasteiger partial charge >= 0.3 is 0 Å². The lowest BCUT2D eigenvalue weighted by atomic mass is 10.1. The number of aromatic nitrogens is 3. The third kappa shape index (κ3) is 1.59. The van der Waals surface area contributed by atoms with E-state index in [1.54, 1.807) is 6.20 Å². The maximum absolute atomic E-state index is 4.48. The topological polar surface area (TPSA) is 41.6 Å². The van der Waals surface area contributed by atoms with Gasteiger partial charge in [-0.05, 0) is 24.3 Å². The van der Waals surface area contributed by atoms with Crippen LogP contribution < -0.4 is 0 Å². The summed E-state index contributed by atoms with van der Waals surface area (Å²) in [7, 11) is 0. The summed E-state index contributed by atoms with van der Waals surface area (Å²) in [6, 6.07) is 16.2. The average Bonchev–Trinajstić information content (AvgIpc) is 2.86. The van der Waals surface area contributed by atoms with Gasteiger partial charge in [0.2, 0.25) is 0 Å². The Bertz CT molecular complexity index is 863. The Morgan fingerprint density at radius 1 is 0.737 bits per heavy atom. The third-order valence-corrected chi connectivity index (χ3v) is 3.32. The van der Waals surface area contributed by atoms with E-state index in [4.69, 9.17) is 0 Å². The zero-order valence-corrected chi connectivity index (χ0v) is 10.2. The quantitative estimate of drug-likeness (QED) is 0.554. The van der Waals surface area contributed by atoms with Gasteiger partial charge in [-0.2, -0.15) is 0 Å². The molecule has 0 bridgehead atoms. The van der Waals surface area contributed by atoms with Gasteiger partial charge in [-0.3, -0.25) is 9.97 Å². The molecule has 3 aromatic heterocycles. The first-order valence-electron chi connectivity index (χ1n) is 6.20. The fourth-order valence-corrected chi connectivity index (χ4v) is 2.40. The third-order valence-electron chi connectivity index (χ3n) is 3.32. The highest BCUT2D eigenvalue weighted by molar-refractivity contribution is 6.07. The number of nitrogens with zero attached hydrogens (tertiary/aromatic N) is 2. The largest absolute Gasteiger partial charge is 0.353 e. The molecule has 4 rings (SSSR count). The van der Waals surface area contributed by atoms with Crippen molar-refractivity contribution in [3.05, 3.63) is 60.9 Å². The second-order valence-electron chi connectivity index (χ2n) is 4.50. The summed E-state index contributed by atoms with van der Waals surface area (Å²) < 4.78 is 0. The molecule has 19 heavy (non-hydrogen) atoms. The van der Waals surface area contributed by atoms with Crippen LogP contribution in [0.15, 0.2) is 60.9 Å². The summed E-state index contributed by atoms with van der Waals surface area (Å²) in [6.07, 6.45) is 3.66. The Balaban J connectivity index is 2.03. The highest BCUT2D eigenvalue weighted by atomic mass is 14.8. The SMILES string of the molecule is c1ccc(-c2cc3c(cn2)[nH]c2ccccc23)nc1. The maximum atomic E-state index is 4.48. The van der Waals surface area contributed by atoms with E-state index in [2.05, 4.69) is 39.2 Å². The van der Waals surface area contributed by atoms with Gasteiger partial charge in [0.25, 0.3) is 0 Å². The molecule has 1 aromatic carbocycles. The Morgan fingerprint density at radius 2 is 1.63 bits per heavy atom. The number of rotatable bonds is 1. The predicted molar refractivity (Wildman–Crippen MR) is 76.8 cm³/mol. The zero-order chi connectivity index (χ0) is 12.7. The van der Waals surface area contributed by atoms with E-state index in [1.807, 2.05) is 30.5 Å². The smallest absolute Gasteiger partial charge is 0.0893 e. The Kier molecular flexibility index (Phi) is 2.12. The van der Waals surface area contributed by atoms with E-state index >= 15 is 0 Å². The molecule has 0 atom stereocenters. The zero-order valence-electron chi connectivity index (χ0n) is 10.2. The molecule has 0 amide bonds. The Labute approximate surface area is 110 Å². The second-order valence-corrected chi connectivity index (χ2v) is 4.50. The minimum atomic E-state index is 0.898. The van der Waals surface area contributed by atoms with Gasteiger partial charge in [-0.1, -0.05) is 24.3 Å². The summed E-state index contributed by atoms with van der Waals surface area (Å²) in [5, 5.41) is 2.41. The molecule has 0 saturated heterocycles. The number of H-pyrrole nitrogens is 1. The number of fused-ring (bicyclic) bond motifs is 3. The van der Waals surface area contributed by atoms with Crippen LogP contribution in [0.1, 0.15) is 0 Å². The molecule has 0 aliphatic rings. The summed E-state index contributed by atoms with van der Waals surface area (Å²) in [5.41, 5.74) is 3.99. The molecular weight excluding hydrogens is 234 g/mol. The van der Waals surface area contributed by atoms with Crippen molar-refractivity contribution < 1.29 is 0 Å². The summed E-state index contributed by atoms with van der Waals surface area (Å²) >= 11 is 0.